The summed E-state index contributed by atoms with van der Waals surface area (Å²) < 4.78 is 5.43. The van der Waals surface area contributed by atoms with Crippen molar-refractivity contribution in [1.82, 2.24) is 15.1 Å². The van der Waals surface area contributed by atoms with Gasteiger partial charge in [0, 0.05) is 45.7 Å². The van der Waals surface area contributed by atoms with Crippen LogP contribution in [0, 0.1) is 5.92 Å². The average molecular weight is 445 g/mol. The molecule has 1 saturated carbocycles. The second-order valence-corrected chi connectivity index (χ2v) is 9.27. The fourth-order valence-electron chi connectivity index (χ4n) is 5.27. The van der Waals surface area contributed by atoms with Gasteiger partial charge < -0.3 is 20.7 Å². The highest BCUT2D eigenvalue weighted by Gasteiger charge is 2.37. The summed E-state index contributed by atoms with van der Waals surface area (Å²) in [7, 11) is 1.70. The third-order valence-electron chi connectivity index (χ3n) is 6.98. The van der Waals surface area contributed by atoms with E-state index in [1.54, 1.807) is 18.9 Å². The van der Waals surface area contributed by atoms with E-state index in [0.717, 1.165) is 25.3 Å². The number of amides is 2. The number of hydrogen-bond acceptors (Lipinski definition) is 5. The molecule has 1 aromatic rings. The van der Waals surface area contributed by atoms with Crippen LogP contribution in [0.25, 0.3) is 0 Å². The van der Waals surface area contributed by atoms with Crippen LogP contribution in [0.1, 0.15) is 57.4 Å². The van der Waals surface area contributed by atoms with Crippen LogP contribution in [0.4, 0.5) is 0 Å². The lowest BCUT2D eigenvalue weighted by Gasteiger charge is -2.44. The normalized spacial score (nSPS) is 22.1. The number of nitrogens with zero attached hydrogens (tertiary/aromatic N) is 2. The topological polar surface area (TPSA) is 87.9 Å². The number of hydrogen-bond donors (Lipinski definition) is 2. The van der Waals surface area contributed by atoms with Crippen LogP contribution < -0.4 is 15.8 Å². The Bertz CT molecular complexity index is 750. The molecule has 1 heterocycles. The van der Waals surface area contributed by atoms with Gasteiger partial charge in [0.05, 0.1) is 7.11 Å². The van der Waals surface area contributed by atoms with Gasteiger partial charge in [-0.2, -0.15) is 0 Å². The maximum Gasteiger partial charge on any atom is 0.242 e. The third kappa shape index (κ3) is 6.69. The molecule has 2 atom stereocenters. The Morgan fingerprint density at radius 2 is 2.00 bits per heavy atom. The summed E-state index contributed by atoms with van der Waals surface area (Å²) in [6.07, 6.45) is 8.06. The molecule has 0 bridgehead atoms. The van der Waals surface area contributed by atoms with Crippen LogP contribution in [0.15, 0.2) is 24.3 Å². The molecular formula is C25H40N4O3. The van der Waals surface area contributed by atoms with Gasteiger partial charge in [0.25, 0.3) is 0 Å². The van der Waals surface area contributed by atoms with Gasteiger partial charge in [-0.05, 0) is 49.3 Å². The molecular weight excluding hydrogens is 404 g/mol. The van der Waals surface area contributed by atoms with Crippen molar-refractivity contribution in [2.45, 2.75) is 70.5 Å². The smallest absolute Gasteiger partial charge is 0.242 e. The van der Waals surface area contributed by atoms with E-state index in [1.807, 2.05) is 12.1 Å². The summed E-state index contributed by atoms with van der Waals surface area (Å²) in [5.41, 5.74) is 6.80. The molecule has 1 aliphatic carbocycles. The second-order valence-electron chi connectivity index (χ2n) is 9.27. The predicted molar refractivity (Wildman–Crippen MR) is 126 cm³/mol. The van der Waals surface area contributed by atoms with Gasteiger partial charge in [-0.3, -0.25) is 14.5 Å². The number of rotatable bonds is 9. The zero-order chi connectivity index (χ0) is 22.9. The molecule has 1 unspecified atom stereocenters. The first-order chi connectivity index (χ1) is 15.5. The van der Waals surface area contributed by atoms with Crippen LogP contribution in [0.3, 0.4) is 0 Å². The van der Waals surface area contributed by atoms with Gasteiger partial charge in [-0.15, -0.1) is 0 Å². The van der Waals surface area contributed by atoms with Crippen LogP contribution in [-0.4, -0.2) is 67.0 Å². The van der Waals surface area contributed by atoms with E-state index in [4.69, 9.17) is 10.5 Å². The Morgan fingerprint density at radius 1 is 1.22 bits per heavy atom. The lowest BCUT2D eigenvalue weighted by molar-refractivity contribution is -0.142. The number of carbonyl (C=O) groups excluding carboxylic acids is 2. The van der Waals surface area contributed by atoms with E-state index >= 15 is 0 Å². The predicted octanol–water partition coefficient (Wildman–Crippen LogP) is 2.53. The summed E-state index contributed by atoms with van der Waals surface area (Å²) in [4.78, 5) is 29.4. The van der Waals surface area contributed by atoms with Gasteiger partial charge in [0.2, 0.25) is 11.8 Å². The first-order valence-corrected chi connectivity index (χ1v) is 12.1. The minimum absolute atomic E-state index is 0.0389. The molecule has 1 aliphatic heterocycles. The summed E-state index contributed by atoms with van der Waals surface area (Å²) in [6.45, 7) is 4.86. The van der Waals surface area contributed by atoms with Gasteiger partial charge in [-0.1, -0.05) is 31.4 Å². The van der Waals surface area contributed by atoms with Crippen molar-refractivity contribution in [3.63, 3.8) is 0 Å². The lowest BCUT2D eigenvalue weighted by atomic mass is 9.87. The zero-order valence-corrected chi connectivity index (χ0v) is 19.7. The highest BCUT2D eigenvalue weighted by molar-refractivity contribution is 5.87. The fraction of sp³-hybridized carbons (Fsp3) is 0.680. The van der Waals surface area contributed by atoms with E-state index in [1.165, 1.54) is 37.7 Å². The number of benzene rings is 1. The van der Waals surface area contributed by atoms with Crippen LogP contribution in [0.5, 0.6) is 5.75 Å². The Kier molecular flexibility index (Phi) is 9.36. The molecule has 1 saturated heterocycles. The Hall–Kier alpha value is -2.12. The average Bonchev–Trinajstić information content (AvgIpc) is 2.82. The largest absolute Gasteiger partial charge is 0.497 e. The van der Waals surface area contributed by atoms with Crippen molar-refractivity contribution in [3.8, 4) is 5.75 Å². The molecule has 3 rings (SSSR count). The molecule has 0 radical (unpaired) electrons. The minimum atomic E-state index is -0.433. The lowest BCUT2D eigenvalue weighted by Crippen LogP contribution is -2.57. The Labute approximate surface area is 192 Å². The summed E-state index contributed by atoms with van der Waals surface area (Å²) in [5.74, 6) is 1.44. The molecule has 32 heavy (non-hydrogen) atoms. The van der Waals surface area contributed by atoms with Crippen LogP contribution in [0.2, 0.25) is 0 Å². The van der Waals surface area contributed by atoms with Gasteiger partial charge >= 0.3 is 0 Å². The van der Waals surface area contributed by atoms with Crippen molar-refractivity contribution >= 4 is 11.8 Å². The van der Waals surface area contributed by atoms with Crippen LogP contribution >= 0.6 is 0 Å². The number of ether oxygens (including phenoxy) is 1. The third-order valence-corrected chi connectivity index (χ3v) is 6.98. The summed E-state index contributed by atoms with van der Waals surface area (Å²) >= 11 is 0. The summed E-state index contributed by atoms with van der Waals surface area (Å²) in [5, 5.41) is 2.90. The van der Waals surface area contributed by atoms with Crippen molar-refractivity contribution in [2.75, 3.05) is 33.3 Å². The maximum atomic E-state index is 12.9. The molecule has 2 fully saturated rings. The molecule has 7 heteroatoms. The standard InChI is InChI=1S/C25H40N4O3/c1-19(30)29-14-11-22(16-24(29)25(31)27-13-12-26)28(17-20-7-4-3-5-8-20)18-21-9-6-10-23(15-21)32-2/h6,9-10,15,20,22,24H,3-5,7-8,11-14,16-18,26H2,1-2H3,(H,27,31)/t22?,24-/m1/s1. The number of nitrogens with two attached hydrogens (primary N) is 1. The molecule has 3 N–H and O–H groups in total. The van der Waals surface area contributed by atoms with Crippen LogP contribution in [-0.2, 0) is 16.1 Å². The van der Waals surface area contributed by atoms with Crippen molar-refractivity contribution in [3.05, 3.63) is 29.8 Å². The van der Waals surface area contributed by atoms with Crippen molar-refractivity contribution < 1.29 is 14.3 Å². The first kappa shape index (κ1) is 24.5. The SMILES string of the molecule is COc1cccc(CN(CC2CCCCC2)C2CCN(C(C)=O)[C@@H](C(=O)NCCN)C2)c1. The number of likely N-dealkylation sites (tertiary alicyclic amines) is 1. The van der Waals surface area contributed by atoms with Gasteiger partial charge in [0.1, 0.15) is 11.8 Å². The number of piperidine rings is 1. The summed E-state index contributed by atoms with van der Waals surface area (Å²) in [6, 6.07) is 8.08. The van der Waals surface area contributed by atoms with E-state index in [9.17, 15) is 9.59 Å². The van der Waals surface area contributed by atoms with Crippen molar-refractivity contribution in [1.29, 1.82) is 0 Å². The molecule has 0 aromatic heterocycles. The molecule has 2 aliphatic rings. The highest BCUT2D eigenvalue weighted by atomic mass is 16.5. The zero-order valence-electron chi connectivity index (χ0n) is 19.7. The first-order valence-electron chi connectivity index (χ1n) is 12.1. The Morgan fingerprint density at radius 3 is 2.69 bits per heavy atom. The number of methoxy groups -OCH3 is 1. The van der Waals surface area contributed by atoms with Crippen molar-refractivity contribution in [2.24, 2.45) is 11.7 Å². The van der Waals surface area contributed by atoms with Gasteiger partial charge in [0.15, 0.2) is 0 Å². The maximum absolute atomic E-state index is 12.9. The molecule has 2 amide bonds. The van der Waals surface area contributed by atoms with E-state index in [2.05, 4.69) is 22.3 Å². The minimum Gasteiger partial charge on any atom is -0.497 e. The van der Waals surface area contributed by atoms with E-state index in [0.29, 0.717) is 32.0 Å². The molecule has 0 spiro atoms. The number of nitrogens with one attached hydrogen (secondary N) is 1. The number of carbonyl (C=O) groups is 2. The Balaban J connectivity index is 1.78. The monoisotopic (exact) mass is 444 g/mol. The fourth-order valence-corrected chi connectivity index (χ4v) is 5.27. The molecule has 7 nitrogen and oxygen atoms in total. The second kappa shape index (κ2) is 12.2. The van der Waals surface area contributed by atoms with E-state index in [-0.39, 0.29) is 17.9 Å². The molecule has 1 aromatic carbocycles. The van der Waals surface area contributed by atoms with Gasteiger partial charge in [-0.25, -0.2) is 0 Å². The quantitative estimate of drug-likeness (QED) is 0.611. The highest BCUT2D eigenvalue weighted by Crippen LogP contribution is 2.30. The van der Waals surface area contributed by atoms with E-state index < -0.39 is 6.04 Å². The molecule has 178 valence electrons.